The maximum atomic E-state index is 11.9. The minimum absolute atomic E-state index is 0.155. The Bertz CT molecular complexity index is 489. The lowest BCUT2D eigenvalue weighted by atomic mass is 10.0. The molecule has 1 heterocycles. The number of sulfonamides is 1. The highest BCUT2D eigenvalue weighted by atomic mass is 32.2. The van der Waals surface area contributed by atoms with E-state index < -0.39 is 10.0 Å². The van der Waals surface area contributed by atoms with E-state index >= 15 is 0 Å². The van der Waals surface area contributed by atoms with Crippen molar-refractivity contribution in [3.05, 3.63) is 12.0 Å². The first-order valence-corrected chi connectivity index (χ1v) is 7.47. The third kappa shape index (κ3) is 2.87. The van der Waals surface area contributed by atoms with Crippen LogP contribution in [0.2, 0.25) is 0 Å². The van der Waals surface area contributed by atoms with E-state index in [9.17, 15) is 8.42 Å². The number of rotatable bonds is 6. The average Bonchev–Trinajstić information content (AvgIpc) is 2.89. The van der Waals surface area contributed by atoms with Gasteiger partial charge in [0.25, 0.3) is 10.0 Å². The van der Waals surface area contributed by atoms with Gasteiger partial charge < -0.3 is 4.98 Å². The number of hydrogen-bond acceptors (Lipinski definition) is 3. The molecule has 2 N–H and O–H groups in total. The summed E-state index contributed by atoms with van der Waals surface area (Å²) in [5, 5.41) is 0.155. The highest BCUT2D eigenvalue weighted by Gasteiger charge is 2.42. The minimum Gasteiger partial charge on any atom is -0.332 e. The summed E-state index contributed by atoms with van der Waals surface area (Å²) < 4.78 is 26.6. The molecule has 1 aliphatic rings. The van der Waals surface area contributed by atoms with Gasteiger partial charge >= 0.3 is 0 Å². The van der Waals surface area contributed by atoms with Crippen molar-refractivity contribution in [1.29, 1.82) is 0 Å². The van der Waals surface area contributed by atoms with E-state index in [0.717, 1.165) is 25.7 Å². The molecule has 96 valence electrons. The molecule has 0 amide bonds. The summed E-state index contributed by atoms with van der Waals surface area (Å²) in [5.74, 6) is 0.611. The zero-order valence-electron chi connectivity index (χ0n) is 10.3. The van der Waals surface area contributed by atoms with Crippen LogP contribution in [0.4, 0.5) is 0 Å². The molecule has 0 atom stereocenters. The van der Waals surface area contributed by atoms with Crippen molar-refractivity contribution < 1.29 is 8.42 Å². The Hall–Kier alpha value is -0.880. The van der Waals surface area contributed by atoms with Crippen molar-refractivity contribution in [1.82, 2.24) is 14.7 Å². The van der Waals surface area contributed by atoms with Crippen LogP contribution in [0.15, 0.2) is 11.2 Å². The smallest absolute Gasteiger partial charge is 0.257 e. The highest BCUT2D eigenvalue weighted by molar-refractivity contribution is 7.89. The largest absolute Gasteiger partial charge is 0.332 e. The first kappa shape index (κ1) is 12.6. The maximum Gasteiger partial charge on any atom is 0.257 e. The van der Waals surface area contributed by atoms with Crippen molar-refractivity contribution in [3.63, 3.8) is 0 Å². The molecule has 0 aliphatic heterocycles. The molecule has 0 saturated heterocycles. The van der Waals surface area contributed by atoms with Gasteiger partial charge in [-0.05, 0) is 31.6 Å². The summed E-state index contributed by atoms with van der Waals surface area (Å²) in [6, 6.07) is 0. The summed E-state index contributed by atoms with van der Waals surface area (Å²) in [6.45, 7) is 4.41. The van der Waals surface area contributed by atoms with Gasteiger partial charge in [-0.15, -0.1) is 0 Å². The fraction of sp³-hybridized carbons (Fsp3) is 0.727. The molecule has 0 bridgehead atoms. The molecule has 6 heteroatoms. The SMILES string of the molecule is CCCC1(CNS(=O)(=O)c2cnc(C)[nH]2)CC1. The Labute approximate surface area is 102 Å². The van der Waals surface area contributed by atoms with Gasteiger partial charge in [0.15, 0.2) is 5.03 Å². The molecular weight excluding hydrogens is 238 g/mol. The second kappa shape index (κ2) is 4.42. The Morgan fingerprint density at radius 2 is 2.24 bits per heavy atom. The summed E-state index contributed by atoms with van der Waals surface area (Å²) in [6.07, 6.45) is 5.82. The predicted molar refractivity (Wildman–Crippen MR) is 65.1 cm³/mol. The zero-order chi connectivity index (χ0) is 12.5. The van der Waals surface area contributed by atoms with E-state index in [-0.39, 0.29) is 10.4 Å². The van der Waals surface area contributed by atoms with Crippen LogP contribution in [0.3, 0.4) is 0 Å². The van der Waals surface area contributed by atoms with Crippen molar-refractivity contribution in [2.75, 3.05) is 6.54 Å². The molecule has 1 fully saturated rings. The van der Waals surface area contributed by atoms with Crippen LogP contribution >= 0.6 is 0 Å². The van der Waals surface area contributed by atoms with Gasteiger partial charge in [-0.3, -0.25) is 0 Å². The number of H-pyrrole nitrogens is 1. The van der Waals surface area contributed by atoms with Crippen molar-refractivity contribution >= 4 is 10.0 Å². The van der Waals surface area contributed by atoms with Crippen LogP contribution in [-0.2, 0) is 10.0 Å². The standard InChI is InChI=1S/C11H19N3O2S/c1-3-4-11(5-6-11)8-13-17(15,16)10-7-12-9(2)14-10/h7,13H,3-6,8H2,1-2H3,(H,12,14). The molecule has 0 unspecified atom stereocenters. The first-order chi connectivity index (χ1) is 7.97. The molecular formula is C11H19N3O2S. The molecule has 0 radical (unpaired) electrons. The lowest BCUT2D eigenvalue weighted by Crippen LogP contribution is -2.30. The fourth-order valence-corrected chi connectivity index (χ4v) is 3.21. The van der Waals surface area contributed by atoms with Crippen LogP contribution in [-0.4, -0.2) is 24.9 Å². The van der Waals surface area contributed by atoms with E-state index in [1.807, 2.05) is 0 Å². The first-order valence-electron chi connectivity index (χ1n) is 5.99. The summed E-state index contributed by atoms with van der Waals surface area (Å²) in [4.78, 5) is 6.65. The summed E-state index contributed by atoms with van der Waals surface area (Å²) >= 11 is 0. The zero-order valence-corrected chi connectivity index (χ0v) is 11.1. The second-order valence-corrected chi connectivity index (χ2v) is 6.64. The number of nitrogens with zero attached hydrogens (tertiary/aromatic N) is 1. The molecule has 1 aromatic rings. The second-order valence-electron chi connectivity index (χ2n) is 4.91. The average molecular weight is 257 g/mol. The summed E-state index contributed by atoms with van der Waals surface area (Å²) in [5.41, 5.74) is 0.219. The normalized spacial score (nSPS) is 18.2. The molecule has 5 nitrogen and oxygen atoms in total. The number of aryl methyl sites for hydroxylation is 1. The number of nitrogens with one attached hydrogen (secondary N) is 2. The Kier molecular flexibility index (Phi) is 3.27. The molecule has 1 saturated carbocycles. The topological polar surface area (TPSA) is 74.8 Å². The third-order valence-corrected chi connectivity index (χ3v) is 4.65. The number of hydrogen-bond donors (Lipinski definition) is 2. The molecule has 2 rings (SSSR count). The Morgan fingerprint density at radius 1 is 1.53 bits per heavy atom. The molecule has 0 aromatic carbocycles. The third-order valence-electron chi connectivity index (χ3n) is 3.34. The Morgan fingerprint density at radius 3 is 2.71 bits per heavy atom. The number of imidazole rings is 1. The molecule has 1 aliphatic carbocycles. The van der Waals surface area contributed by atoms with Gasteiger partial charge in [-0.25, -0.2) is 18.1 Å². The van der Waals surface area contributed by atoms with Gasteiger partial charge in [-0.2, -0.15) is 0 Å². The minimum atomic E-state index is -3.42. The number of aromatic nitrogens is 2. The predicted octanol–water partition coefficient (Wildman–Crippen LogP) is 1.58. The van der Waals surface area contributed by atoms with Crippen molar-refractivity contribution in [3.8, 4) is 0 Å². The molecule has 17 heavy (non-hydrogen) atoms. The van der Waals surface area contributed by atoms with Gasteiger partial charge in [0.2, 0.25) is 0 Å². The van der Waals surface area contributed by atoms with E-state index in [1.54, 1.807) is 6.92 Å². The van der Waals surface area contributed by atoms with Gasteiger partial charge in [0.05, 0.1) is 6.20 Å². The van der Waals surface area contributed by atoms with Crippen LogP contribution in [0.1, 0.15) is 38.4 Å². The van der Waals surface area contributed by atoms with Gasteiger partial charge in [-0.1, -0.05) is 13.3 Å². The van der Waals surface area contributed by atoms with Crippen LogP contribution in [0.5, 0.6) is 0 Å². The van der Waals surface area contributed by atoms with Crippen LogP contribution in [0.25, 0.3) is 0 Å². The maximum absolute atomic E-state index is 11.9. The molecule has 0 spiro atoms. The van der Waals surface area contributed by atoms with Crippen LogP contribution in [0, 0.1) is 12.3 Å². The van der Waals surface area contributed by atoms with Gasteiger partial charge in [0, 0.05) is 6.54 Å². The molecule has 1 aromatic heterocycles. The van der Waals surface area contributed by atoms with Crippen molar-refractivity contribution in [2.24, 2.45) is 5.41 Å². The van der Waals surface area contributed by atoms with Crippen LogP contribution < -0.4 is 4.72 Å². The quantitative estimate of drug-likeness (QED) is 0.812. The van der Waals surface area contributed by atoms with E-state index in [4.69, 9.17) is 0 Å². The number of aromatic amines is 1. The monoisotopic (exact) mass is 257 g/mol. The van der Waals surface area contributed by atoms with E-state index in [1.165, 1.54) is 6.20 Å². The highest BCUT2D eigenvalue weighted by Crippen LogP contribution is 2.49. The fourth-order valence-electron chi connectivity index (χ4n) is 2.08. The van der Waals surface area contributed by atoms with Gasteiger partial charge in [0.1, 0.15) is 5.82 Å². The Balaban J connectivity index is 1.99. The summed E-state index contributed by atoms with van der Waals surface area (Å²) in [7, 11) is -3.42. The van der Waals surface area contributed by atoms with E-state index in [2.05, 4.69) is 21.6 Å². The van der Waals surface area contributed by atoms with Crippen molar-refractivity contribution in [2.45, 2.75) is 44.6 Å². The lowest BCUT2D eigenvalue weighted by molar-refractivity contribution is 0.449. The lowest BCUT2D eigenvalue weighted by Gasteiger charge is -2.14. The van der Waals surface area contributed by atoms with E-state index in [0.29, 0.717) is 12.4 Å².